The number of para-hydroxylation sites is 1. The minimum atomic E-state index is -0.333. The first-order chi connectivity index (χ1) is 12.1. The first-order valence-electron chi connectivity index (χ1n) is 7.39. The first kappa shape index (κ1) is 16.7. The van der Waals surface area contributed by atoms with E-state index in [1.807, 2.05) is 12.1 Å². The van der Waals surface area contributed by atoms with E-state index in [1.165, 1.54) is 6.21 Å². The summed E-state index contributed by atoms with van der Waals surface area (Å²) in [5.41, 5.74) is 5.24. The van der Waals surface area contributed by atoms with Gasteiger partial charge in [-0.1, -0.05) is 6.07 Å². The highest BCUT2D eigenvalue weighted by molar-refractivity contribution is 7.71. The van der Waals surface area contributed by atoms with Gasteiger partial charge in [0.2, 0.25) is 0 Å². The highest BCUT2D eigenvalue weighted by atomic mass is 32.1. The van der Waals surface area contributed by atoms with Crippen LogP contribution in [0.15, 0.2) is 41.5 Å². The van der Waals surface area contributed by atoms with Gasteiger partial charge < -0.3 is 19.4 Å². The fourth-order valence-electron chi connectivity index (χ4n) is 2.41. The Labute approximate surface area is 148 Å². The van der Waals surface area contributed by atoms with Crippen LogP contribution in [0.4, 0.5) is 0 Å². The van der Waals surface area contributed by atoms with Gasteiger partial charge >= 0.3 is 0 Å². The van der Waals surface area contributed by atoms with Crippen LogP contribution in [0.3, 0.4) is 0 Å². The van der Waals surface area contributed by atoms with Crippen molar-refractivity contribution in [3.63, 3.8) is 0 Å². The van der Waals surface area contributed by atoms with Gasteiger partial charge in [0.25, 0.3) is 5.91 Å². The van der Waals surface area contributed by atoms with Crippen LogP contribution in [0, 0.1) is 4.77 Å². The second-order valence-corrected chi connectivity index (χ2v) is 5.53. The van der Waals surface area contributed by atoms with Crippen molar-refractivity contribution in [1.29, 1.82) is 0 Å². The summed E-state index contributed by atoms with van der Waals surface area (Å²) in [5, 5.41) is 3.99. The number of carbonyl (C=O) groups excluding carboxylic acids is 1. The number of hydrogen-bond donors (Lipinski definition) is 3. The number of nitrogens with one attached hydrogen (secondary N) is 3. The molecule has 0 aliphatic heterocycles. The number of nitrogens with zero attached hydrogens (tertiary/aromatic N) is 1. The van der Waals surface area contributed by atoms with Crippen molar-refractivity contribution in [3.05, 3.63) is 52.3 Å². The average molecular weight is 356 g/mol. The Balaban J connectivity index is 1.77. The summed E-state index contributed by atoms with van der Waals surface area (Å²) in [6.07, 6.45) is 1.50. The molecule has 0 saturated heterocycles. The number of hydrogen-bond acceptors (Lipinski definition) is 5. The van der Waals surface area contributed by atoms with Crippen LogP contribution >= 0.6 is 12.2 Å². The zero-order chi connectivity index (χ0) is 17.8. The number of imidazole rings is 1. The maximum atomic E-state index is 12.2. The number of rotatable bonds is 5. The molecule has 0 aliphatic rings. The zero-order valence-corrected chi connectivity index (χ0v) is 14.4. The molecular formula is C17H16N4O3S. The number of hydrazone groups is 1. The Kier molecular flexibility index (Phi) is 4.80. The Bertz CT molecular complexity index is 1010. The van der Waals surface area contributed by atoms with Crippen molar-refractivity contribution in [1.82, 2.24) is 15.4 Å². The predicted octanol–water partition coefficient (Wildman–Crippen LogP) is 3.01. The molecule has 0 fully saturated rings. The van der Waals surface area contributed by atoms with Gasteiger partial charge in [0.05, 0.1) is 31.5 Å². The lowest BCUT2D eigenvalue weighted by Crippen LogP contribution is -2.17. The summed E-state index contributed by atoms with van der Waals surface area (Å²) in [6, 6.07) is 10.6. The molecule has 3 N–H and O–H groups in total. The van der Waals surface area contributed by atoms with Crippen molar-refractivity contribution >= 4 is 35.4 Å². The maximum Gasteiger partial charge on any atom is 0.271 e. The third kappa shape index (κ3) is 3.53. The SMILES string of the molecule is COc1cccc(/C=N\NC(=O)c2ccc3[nH]c(=S)[nH]c3c2)c1OC. The third-order valence-corrected chi connectivity index (χ3v) is 3.79. The molecule has 3 aromatic rings. The predicted molar refractivity (Wildman–Crippen MR) is 98.1 cm³/mol. The summed E-state index contributed by atoms with van der Waals surface area (Å²) in [5.74, 6) is 0.802. The molecule has 8 heteroatoms. The van der Waals surface area contributed by atoms with Crippen LogP contribution in [-0.2, 0) is 0 Å². The number of ether oxygens (including phenoxy) is 2. The molecule has 0 unspecified atom stereocenters. The van der Waals surface area contributed by atoms with Gasteiger partial charge in [-0.05, 0) is 42.5 Å². The van der Waals surface area contributed by atoms with Crippen LogP contribution in [0.25, 0.3) is 11.0 Å². The second-order valence-electron chi connectivity index (χ2n) is 5.12. The fraction of sp³-hybridized carbons (Fsp3) is 0.118. The van der Waals surface area contributed by atoms with Gasteiger partial charge in [0.15, 0.2) is 16.3 Å². The summed E-state index contributed by atoms with van der Waals surface area (Å²) < 4.78 is 11.1. The normalized spacial score (nSPS) is 11.0. The molecule has 0 saturated carbocycles. The van der Waals surface area contributed by atoms with Crippen LogP contribution in [0.1, 0.15) is 15.9 Å². The lowest BCUT2D eigenvalue weighted by molar-refractivity contribution is 0.0955. The van der Waals surface area contributed by atoms with Crippen LogP contribution < -0.4 is 14.9 Å². The van der Waals surface area contributed by atoms with E-state index >= 15 is 0 Å². The van der Waals surface area contributed by atoms with Crippen molar-refractivity contribution in [3.8, 4) is 11.5 Å². The molecular weight excluding hydrogens is 340 g/mol. The Morgan fingerprint density at radius 1 is 1.16 bits per heavy atom. The van der Waals surface area contributed by atoms with Crippen LogP contribution in [0.5, 0.6) is 11.5 Å². The summed E-state index contributed by atoms with van der Waals surface area (Å²) in [4.78, 5) is 18.2. The van der Waals surface area contributed by atoms with E-state index in [0.29, 0.717) is 27.4 Å². The van der Waals surface area contributed by atoms with Gasteiger partial charge in [0, 0.05) is 11.1 Å². The molecule has 1 heterocycles. The first-order valence-corrected chi connectivity index (χ1v) is 7.79. The van der Waals surface area contributed by atoms with E-state index in [-0.39, 0.29) is 5.91 Å². The number of carbonyl (C=O) groups is 1. The lowest BCUT2D eigenvalue weighted by Gasteiger charge is -2.09. The van der Waals surface area contributed by atoms with Gasteiger partial charge in [-0.3, -0.25) is 4.79 Å². The molecule has 0 spiro atoms. The highest BCUT2D eigenvalue weighted by Gasteiger charge is 2.09. The molecule has 25 heavy (non-hydrogen) atoms. The number of fused-ring (bicyclic) bond motifs is 1. The van der Waals surface area contributed by atoms with E-state index in [1.54, 1.807) is 38.5 Å². The largest absolute Gasteiger partial charge is 0.493 e. The average Bonchev–Trinajstić information content (AvgIpc) is 3.00. The number of benzene rings is 2. The quantitative estimate of drug-likeness (QED) is 0.372. The topological polar surface area (TPSA) is 91.5 Å². The summed E-state index contributed by atoms with van der Waals surface area (Å²) in [6.45, 7) is 0. The second kappa shape index (κ2) is 7.18. The number of amides is 1. The van der Waals surface area contributed by atoms with Crippen molar-refractivity contribution < 1.29 is 14.3 Å². The molecule has 2 aromatic carbocycles. The highest BCUT2D eigenvalue weighted by Crippen LogP contribution is 2.29. The fourth-order valence-corrected chi connectivity index (χ4v) is 2.63. The summed E-state index contributed by atoms with van der Waals surface area (Å²) in [7, 11) is 3.10. The smallest absolute Gasteiger partial charge is 0.271 e. The zero-order valence-electron chi connectivity index (χ0n) is 13.6. The number of methoxy groups -OCH3 is 2. The van der Waals surface area contributed by atoms with E-state index in [0.717, 1.165) is 11.0 Å². The Morgan fingerprint density at radius 2 is 1.96 bits per heavy atom. The molecule has 0 atom stereocenters. The minimum Gasteiger partial charge on any atom is -0.493 e. The van der Waals surface area contributed by atoms with Crippen molar-refractivity contribution in [2.75, 3.05) is 14.2 Å². The Hall–Kier alpha value is -3.13. The molecule has 3 rings (SSSR count). The Morgan fingerprint density at radius 3 is 2.72 bits per heavy atom. The molecule has 0 radical (unpaired) electrons. The van der Waals surface area contributed by atoms with E-state index < -0.39 is 0 Å². The molecule has 0 aliphatic carbocycles. The monoisotopic (exact) mass is 356 g/mol. The molecule has 1 aromatic heterocycles. The van der Waals surface area contributed by atoms with E-state index in [4.69, 9.17) is 21.7 Å². The number of H-pyrrole nitrogens is 2. The van der Waals surface area contributed by atoms with Gasteiger partial charge in [-0.25, -0.2) is 5.43 Å². The molecule has 0 bridgehead atoms. The summed E-state index contributed by atoms with van der Waals surface area (Å²) >= 11 is 5.03. The number of aromatic nitrogens is 2. The number of aromatic amines is 2. The van der Waals surface area contributed by atoms with Gasteiger partial charge in [-0.2, -0.15) is 5.10 Å². The maximum absolute atomic E-state index is 12.2. The molecule has 7 nitrogen and oxygen atoms in total. The van der Waals surface area contributed by atoms with Crippen LogP contribution in [-0.4, -0.2) is 36.3 Å². The van der Waals surface area contributed by atoms with Crippen LogP contribution in [0.2, 0.25) is 0 Å². The van der Waals surface area contributed by atoms with Gasteiger partial charge in [-0.15, -0.1) is 0 Å². The van der Waals surface area contributed by atoms with E-state index in [9.17, 15) is 4.79 Å². The van der Waals surface area contributed by atoms with Gasteiger partial charge in [0.1, 0.15) is 0 Å². The molecule has 128 valence electrons. The van der Waals surface area contributed by atoms with Crippen molar-refractivity contribution in [2.24, 2.45) is 5.10 Å². The minimum absolute atomic E-state index is 0.333. The lowest BCUT2D eigenvalue weighted by atomic mass is 10.2. The third-order valence-electron chi connectivity index (χ3n) is 3.58. The standard InChI is InChI=1S/C17H16N4O3S/c1-23-14-5-3-4-11(15(14)24-2)9-18-21-16(22)10-6-7-12-13(8-10)20-17(25)19-12/h3-9H,1-2H3,(H,21,22)(H2,19,20,25)/b18-9-. The van der Waals surface area contributed by atoms with Crippen molar-refractivity contribution in [2.45, 2.75) is 0 Å². The van der Waals surface area contributed by atoms with E-state index in [2.05, 4.69) is 20.5 Å². The molecule has 1 amide bonds.